The second-order valence-electron chi connectivity index (χ2n) is 5.17. The summed E-state index contributed by atoms with van der Waals surface area (Å²) in [7, 11) is 3.26. The van der Waals surface area contributed by atoms with Crippen LogP contribution in [-0.2, 0) is 11.2 Å². The summed E-state index contributed by atoms with van der Waals surface area (Å²) < 4.78 is 10.3. The van der Waals surface area contributed by atoms with Gasteiger partial charge in [-0.1, -0.05) is 18.2 Å². The number of nitrogens with one attached hydrogen (secondary N) is 2. The molecule has 0 saturated carbocycles. The van der Waals surface area contributed by atoms with Crippen LogP contribution in [0.2, 0.25) is 0 Å². The monoisotopic (exact) mass is 329 g/mol. The second kappa shape index (κ2) is 9.52. The van der Waals surface area contributed by atoms with E-state index in [-0.39, 0.29) is 5.91 Å². The number of methoxy groups -OCH3 is 2. The van der Waals surface area contributed by atoms with Crippen LogP contribution in [0.3, 0.4) is 0 Å². The molecule has 0 fully saturated rings. The van der Waals surface area contributed by atoms with Gasteiger partial charge in [0.1, 0.15) is 11.4 Å². The van der Waals surface area contributed by atoms with E-state index in [1.54, 1.807) is 26.5 Å². The maximum Gasteiger partial charge on any atom is 0.270 e. The second-order valence-corrected chi connectivity index (χ2v) is 5.17. The molecule has 6 nitrogen and oxygen atoms in total. The van der Waals surface area contributed by atoms with Gasteiger partial charge in [-0.25, -0.2) is 0 Å². The van der Waals surface area contributed by atoms with Gasteiger partial charge in [0.05, 0.1) is 13.7 Å². The van der Waals surface area contributed by atoms with E-state index in [9.17, 15) is 4.79 Å². The molecular formula is C18H23N3O3. The highest BCUT2D eigenvalue weighted by Gasteiger charge is 2.07. The lowest BCUT2D eigenvalue weighted by Crippen LogP contribution is -2.27. The van der Waals surface area contributed by atoms with Crippen molar-refractivity contribution in [2.45, 2.75) is 6.42 Å². The number of para-hydroxylation sites is 1. The summed E-state index contributed by atoms with van der Waals surface area (Å²) in [6.07, 6.45) is 2.44. The molecule has 128 valence electrons. The Kier molecular flexibility index (Phi) is 7.04. The number of nitrogens with zero attached hydrogens (tertiary/aromatic N) is 1. The molecule has 1 aromatic heterocycles. The van der Waals surface area contributed by atoms with Crippen molar-refractivity contribution in [3.63, 3.8) is 0 Å². The molecule has 1 aromatic carbocycles. The van der Waals surface area contributed by atoms with Gasteiger partial charge in [0, 0.05) is 32.1 Å². The molecule has 1 amide bonds. The molecule has 2 rings (SSSR count). The number of pyridine rings is 1. The van der Waals surface area contributed by atoms with Gasteiger partial charge in [-0.2, -0.15) is 0 Å². The fraction of sp³-hybridized carbons (Fsp3) is 0.333. The van der Waals surface area contributed by atoms with Gasteiger partial charge in [-0.3, -0.25) is 9.78 Å². The van der Waals surface area contributed by atoms with Crippen LogP contribution in [0, 0.1) is 0 Å². The van der Waals surface area contributed by atoms with Crippen LogP contribution >= 0.6 is 0 Å². The average molecular weight is 329 g/mol. The van der Waals surface area contributed by atoms with Crippen LogP contribution in [0.4, 0.5) is 5.69 Å². The van der Waals surface area contributed by atoms with Crippen LogP contribution in [0.5, 0.6) is 5.75 Å². The number of aromatic nitrogens is 1. The molecule has 0 atom stereocenters. The van der Waals surface area contributed by atoms with Gasteiger partial charge in [-0.05, 0) is 30.2 Å². The topological polar surface area (TPSA) is 72.5 Å². The minimum absolute atomic E-state index is 0.208. The lowest BCUT2D eigenvalue weighted by molar-refractivity contribution is 0.0932. The largest absolute Gasteiger partial charge is 0.496 e. The zero-order valence-corrected chi connectivity index (χ0v) is 14.0. The van der Waals surface area contributed by atoms with Crippen molar-refractivity contribution in [2.24, 2.45) is 0 Å². The molecular weight excluding hydrogens is 306 g/mol. The van der Waals surface area contributed by atoms with Crippen LogP contribution in [0.15, 0.2) is 42.6 Å². The maximum atomic E-state index is 12.0. The van der Waals surface area contributed by atoms with Crippen LogP contribution < -0.4 is 15.4 Å². The third-order valence-corrected chi connectivity index (χ3v) is 3.50. The number of amides is 1. The molecule has 1 heterocycles. The normalized spacial score (nSPS) is 10.2. The zero-order valence-electron chi connectivity index (χ0n) is 14.0. The molecule has 0 aliphatic rings. The van der Waals surface area contributed by atoms with E-state index < -0.39 is 0 Å². The zero-order chi connectivity index (χ0) is 17.2. The van der Waals surface area contributed by atoms with Gasteiger partial charge in [0.2, 0.25) is 0 Å². The Morgan fingerprint density at radius 1 is 1.17 bits per heavy atom. The van der Waals surface area contributed by atoms with Crippen molar-refractivity contribution in [1.29, 1.82) is 0 Å². The van der Waals surface area contributed by atoms with Crippen molar-refractivity contribution < 1.29 is 14.3 Å². The molecule has 0 aliphatic heterocycles. The average Bonchev–Trinajstić information content (AvgIpc) is 2.62. The smallest absolute Gasteiger partial charge is 0.270 e. The van der Waals surface area contributed by atoms with E-state index >= 15 is 0 Å². The van der Waals surface area contributed by atoms with Crippen LogP contribution in [0.1, 0.15) is 16.1 Å². The van der Waals surface area contributed by atoms with Gasteiger partial charge < -0.3 is 20.1 Å². The Bertz CT molecular complexity index is 661. The Morgan fingerprint density at radius 2 is 2.00 bits per heavy atom. The lowest BCUT2D eigenvalue weighted by atomic mass is 10.1. The lowest BCUT2D eigenvalue weighted by Gasteiger charge is -2.10. The highest BCUT2D eigenvalue weighted by atomic mass is 16.5. The van der Waals surface area contributed by atoms with E-state index in [0.717, 1.165) is 30.0 Å². The van der Waals surface area contributed by atoms with Crippen LogP contribution in [0.25, 0.3) is 0 Å². The first-order chi connectivity index (χ1) is 11.7. The first kappa shape index (κ1) is 17.7. The number of carbonyl (C=O) groups excluding carboxylic acids is 1. The molecule has 2 aromatic rings. The summed E-state index contributed by atoms with van der Waals surface area (Å²) in [6.45, 7) is 1.67. The SMILES string of the molecule is COCCNC(=O)c1cc(NCCc2ccccc2OC)ccn1. The van der Waals surface area contributed by atoms with Crippen LogP contribution in [-0.4, -0.2) is 44.8 Å². The van der Waals surface area contributed by atoms with Gasteiger partial charge in [-0.15, -0.1) is 0 Å². The number of anilines is 1. The molecule has 0 aliphatic carbocycles. The molecule has 0 radical (unpaired) electrons. The number of rotatable bonds is 9. The molecule has 0 spiro atoms. The van der Waals surface area contributed by atoms with Crippen molar-refractivity contribution >= 4 is 11.6 Å². The first-order valence-corrected chi connectivity index (χ1v) is 7.83. The molecule has 6 heteroatoms. The Morgan fingerprint density at radius 3 is 2.79 bits per heavy atom. The Labute approximate surface area is 142 Å². The van der Waals surface area contributed by atoms with Crippen molar-refractivity contribution in [3.05, 3.63) is 53.9 Å². The molecule has 0 bridgehead atoms. The number of hydrogen-bond donors (Lipinski definition) is 2. The van der Waals surface area contributed by atoms with E-state index in [4.69, 9.17) is 9.47 Å². The van der Waals surface area contributed by atoms with Crippen molar-refractivity contribution in [1.82, 2.24) is 10.3 Å². The first-order valence-electron chi connectivity index (χ1n) is 7.83. The maximum absolute atomic E-state index is 12.0. The van der Waals surface area contributed by atoms with Gasteiger partial charge in [0.15, 0.2) is 0 Å². The third kappa shape index (κ3) is 5.24. The summed E-state index contributed by atoms with van der Waals surface area (Å²) in [5.41, 5.74) is 2.38. The molecule has 0 unspecified atom stereocenters. The summed E-state index contributed by atoms with van der Waals surface area (Å²) in [6, 6.07) is 11.5. The Hall–Kier alpha value is -2.60. The predicted molar refractivity (Wildman–Crippen MR) is 93.6 cm³/mol. The standard InChI is InChI=1S/C18H23N3O3/c1-23-12-11-21-18(22)16-13-15(8-10-20-16)19-9-7-14-5-3-4-6-17(14)24-2/h3-6,8,10,13H,7,9,11-12H2,1-2H3,(H,19,20)(H,21,22). The molecule has 24 heavy (non-hydrogen) atoms. The van der Waals surface area contributed by atoms with E-state index in [1.807, 2.05) is 30.3 Å². The third-order valence-electron chi connectivity index (χ3n) is 3.50. The van der Waals surface area contributed by atoms with Gasteiger partial charge >= 0.3 is 0 Å². The van der Waals surface area contributed by atoms with Gasteiger partial charge in [0.25, 0.3) is 5.91 Å². The fourth-order valence-electron chi connectivity index (χ4n) is 2.27. The summed E-state index contributed by atoms with van der Waals surface area (Å²) in [5.74, 6) is 0.674. The summed E-state index contributed by atoms with van der Waals surface area (Å²) in [4.78, 5) is 16.1. The minimum atomic E-state index is -0.208. The fourth-order valence-corrected chi connectivity index (χ4v) is 2.27. The minimum Gasteiger partial charge on any atom is -0.496 e. The van der Waals surface area contributed by atoms with E-state index in [2.05, 4.69) is 15.6 Å². The van der Waals surface area contributed by atoms with Crippen molar-refractivity contribution in [3.8, 4) is 5.75 Å². The molecule has 2 N–H and O–H groups in total. The summed E-state index contributed by atoms with van der Waals surface area (Å²) in [5, 5.41) is 6.06. The quantitative estimate of drug-likeness (QED) is 0.690. The Balaban J connectivity index is 1.89. The highest BCUT2D eigenvalue weighted by molar-refractivity contribution is 5.93. The summed E-state index contributed by atoms with van der Waals surface area (Å²) >= 11 is 0. The van der Waals surface area contributed by atoms with E-state index in [0.29, 0.717) is 18.8 Å². The predicted octanol–water partition coefficient (Wildman–Crippen LogP) is 2.12. The van der Waals surface area contributed by atoms with Crippen molar-refractivity contribution in [2.75, 3.05) is 39.2 Å². The number of benzene rings is 1. The highest BCUT2D eigenvalue weighted by Crippen LogP contribution is 2.18. The van der Waals surface area contributed by atoms with E-state index in [1.165, 1.54) is 0 Å². The number of ether oxygens (including phenoxy) is 2. The number of hydrogen-bond acceptors (Lipinski definition) is 5. The molecule has 0 saturated heterocycles. The number of carbonyl (C=O) groups is 1.